The first-order valence-corrected chi connectivity index (χ1v) is 8.90. The second-order valence-corrected chi connectivity index (χ2v) is 6.74. The van der Waals surface area contributed by atoms with Crippen molar-refractivity contribution >= 4 is 12.1 Å². The summed E-state index contributed by atoms with van der Waals surface area (Å²) in [4.78, 5) is 24.2. The van der Waals surface area contributed by atoms with Crippen molar-refractivity contribution in [3.8, 4) is 5.75 Å². The van der Waals surface area contributed by atoms with E-state index in [1.54, 1.807) is 12.1 Å². The number of benzene rings is 2. The molecule has 0 unspecified atom stereocenters. The van der Waals surface area contributed by atoms with Gasteiger partial charge in [-0.15, -0.1) is 0 Å². The highest BCUT2D eigenvalue weighted by atomic mass is 16.6. The van der Waals surface area contributed by atoms with Gasteiger partial charge in [-0.25, -0.2) is 9.59 Å². The zero-order chi connectivity index (χ0) is 20.0. The van der Waals surface area contributed by atoms with Crippen LogP contribution in [0.3, 0.4) is 0 Å². The van der Waals surface area contributed by atoms with Gasteiger partial charge in [0.1, 0.15) is 30.1 Å². The van der Waals surface area contributed by atoms with Crippen molar-refractivity contribution in [1.29, 1.82) is 0 Å². The SMILES string of the molecule is COC(=O)c1cc(C)ccc1OCC1(NC(=O)OCc2ccccc2)COC1. The van der Waals surface area contributed by atoms with Gasteiger partial charge in [-0.2, -0.15) is 0 Å². The number of carbonyl (C=O) groups excluding carboxylic acids is 2. The van der Waals surface area contributed by atoms with Gasteiger partial charge in [0.25, 0.3) is 0 Å². The van der Waals surface area contributed by atoms with Crippen molar-refractivity contribution in [3.63, 3.8) is 0 Å². The van der Waals surface area contributed by atoms with Crippen LogP contribution in [-0.4, -0.2) is 44.5 Å². The summed E-state index contributed by atoms with van der Waals surface area (Å²) in [7, 11) is 1.32. The Morgan fingerprint density at radius 3 is 2.54 bits per heavy atom. The van der Waals surface area contributed by atoms with Crippen LogP contribution < -0.4 is 10.1 Å². The minimum absolute atomic E-state index is 0.139. The van der Waals surface area contributed by atoms with Crippen molar-refractivity contribution in [2.45, 2.75) is 19.1 Å². The molecule has 1 aliphatic rings. The zero-order valence-electron chi connectivity index (χ0n) is 15.9. The topological polar surface area (TPSA) is 83.1 Å². The molecule has 1 fully saturated rings. The Bertz CT molecular complexity index is 832. The number of hydrogen-bond donors (Lipinski definition) is 1. The fourth-order valence-electron chi connectivity index (χ4n) is 2.77. The fraction of sp³-hybridized carbons (Fsp3) is 0.333. The first kappa shape index (κ1) is 19.7. The van der Waals surface area contributed by atoms with Crippen LogP contribution >= 0.6 is 0 Å². The highest BCUT2D eigenvalue weighted by Gasteiger charge is 2.42. The predicted molar refractivity (Wildman–Crippen MR) is 101 cm³/mol. The predicted octanol–water partition coefficient (Wildman–Crippen LogP) is 2.86. The van der Waals surface area contributed by atoms with Gasteiger partial charge in [0.2, 0.25) is 0 Å². The summed E-state index contributed by atoms with van der Waals surface area (Å²) in [5.74, 6) is -0.0870. The average Bonchev–Trinajstić information content (AvgIpc) is 2.69. The zero-order valence-corrected chi connectivity index (χ0v) is 15.9. The van der Waals surface area contributed by atoms with Crippen molar-refractivity contribution in [2.75, 3.05) is 26.9 Å². The molecule has 0 aromatic heterocycles. The van der Waals surface area contributed by atoms with E-state index in [2.05, 4.69) is 5.32 Å². The number of alkyl carbamates (subject to hydrolysis) is 1. The number of aryl methyl sites for hydroxylation is 1. The molecule has 0 bridgehead atoms. The molecule has 7 heteroatoms. The van der Waals surface area contributed by atoms with Gasteiger partial charge in [0.15, 0.2) is 0 Å². The molecule has 28 heavy (non-hydrogen) atoms. The Kier molecular flexibility index (Phi) is 6.16. The van der Waals surface area contributed by atoms with E-state index in [4.69, 9.17) is 18.9 Å². The number of ether oxygens (including phenoxy) is 4. The summed E-state index contributed by atoms with van der Waals surface area (Å²) in [6.45, 7) is 2.79. The average molecular weight is 385 g/mol. The first-order chi connectivity index (χ1) is 13.5. The third-order valence-electron chi connectivity index (χ3n) is 4.38. The molecule has 7 nitrogen and oxygen atoms in total. The fourth-order valence-corrected chi connectivity index (χ4v) is 2.77. The lowest BCUT2D eigenvalue weighted by Crippen LogP contribution is -2.65. The molecule has 148 valence electrons. The summed E-state index contributed by atoms with van der Waals surface area (Å²) < 4.78 is 21.2. The van der Waals surface area contributed by atoms with Gasteiger partial charge in [0.05, 0.1) is 20.3 Å². The summed E-state index contributed by atoms with van der Waals surface area (Å²) >= 11 is 0. The standard InChI is InChI=1S/C21H23NO6/c1-15-8-9-18(17(10-15)19(23)25-2)28-14-21(12-26-13-21)22-20(24)27-11-16-6-4-3-5-7-16/h3-10H,11-14H2,1-2H3,(H,22,24). The quantitative estimate of drug-likeness (QED) is 0.738. The summed E-state index contributed by atoms with van der Waals surface area (Å²) in [6.07, 6.45) is -0.548. The Morgan fingerprint density at radius 2 is 1.89 bits per heavy atom. The molecule has 0 radical (unpaired) electrons. The Hall–Kier alpha value is -3.06. The summed E-state index contributed by atoms with van der Waals surface area (Å²) in [5.41, 5.74) is 1.45. The smallest absolute Gasteiger partial charge is 0.408 e. The largest absolute Gasteiger partial charge is 0.490 e. The number of methoxy groups -OCH3 is 1. The van der Waals surface area contributed by atoms with Crippen LogP contribution in [0, 0.1) is 6.92 Å². The van der Waals surface area contributed by atoms with Crippen molar-refractivity contribution in [2.24, 2.45) is 0 Å². The molecular formula is C21H23NO6. The summed E-state index contributed by atoms with van der Waals surface area (Å²) in [5, 5.41) is 2.82. The molecule has 0 spiro atoms. The minimum Gasteiger partial charge on any atom is -0.490 e. The molecule has 0 atom stereocenters. The lowest BCUT2D eigenvalue weighted by Gasteiger charge is -2.41. The Balaban J connectivity index is 1.59. The van der Waals surface area contributed by atoms with Gasteiger partial charge >= 0.3 is 12.1 Å². The van der Waals surface area contributed by atoms with Crippen LogP contribution in [0.2, 0.25) is 0 Å². The normalized spacial score (nSPS) is 14.5. The third-order valence-corrected chi connectivity index (χ3v) is 4.38. The second kappa shape index (κ2) is 8.75. The number of hydrogen-bond acceptors (Lipinski definition) is 6. The van der Waals surface area contributed by atoms with E-state index in [1.807, 2.05) is 43.3 Å². The molecule has 0 aliphatic carbocycles. The van der Waals surface area contributed by atoms with Crippen LogP contribution in [0.25, 0.3) is 0 Å². The molecule has 2 aromatic rings. The Morgan fingerprint density at radius 1 is 1.14 bits per heavy atom. The van der Waals surface area contributed by atoms with Crippen molar-refractivity contribution in [3.05, 3.63) is 65.2 Å². The molecule has 2 aromatic carbocycles. The monoisotopic (exact) mass is 385 g/mol. The molecule has 3 rings (SSSR count). The van der Waals surface area contributed by atoms with Gasteiger partial charge < -0.3 is 24.3 Å². The first-order valence-electron chi connectivity index (χ1n) is 8.90. The molecule has 1 saturated heterocycles. The number of nitrogens with one attached hydrogen (secondary N) is 1. The molecule has 1 heterocycles. The molecule has 0 saturated carbocycles. The van der Waals surface area contributed by atoms with E-state index in [-0.39, 0.29) is 13.2 Å². The van der Waals surface area contributed by atoms with E-state index >= 15 is 0 Å². The van der Waals surface area contributed by atoms with E-state index in [0.29, 0.717) is 24.5 Å². The maximum Gasteiger partial charge on any atom is 0.408 e. The maximum atomic E-state index is 12.2. The van der Waals surface area contributed by atoms with E-state index < -0.39 is 17.6 Å². The Labute approximate surface area is 163 Å². The lowest BCUT2D eigenvalue weighted by atomic mass is 9.99. The van der Waals surface area contributed by atoms with E-state index in [1.165, 1.54) is 7.11 Å². The van der Waals surface area contributed by atoms with E-state index in [0.717, 1.165) is 11.1 Å². The van der Waals surface area contributed by atoms with Gasteiger partial charge in [0, 0.05) is 0 Å². The number of rotatable bonds is 7. The number of esters is 1. The molecule has 1 aliphatic heterocycles. The van der Waals surface area contributed by atoms with Gasteiger partial charge in [-0.1, -0.05) is 42.0 Å². The van der Waals surface area contributed by atoms with Crippen LogP contribution in [0.5, 0.6) is 5.75 Å². The molecule has 1 amide bonds. The van der Waals surface area contributed by atoms with Crippen LogP contribution in [-0.2, 0) is 20.8 Å². The highest BCUT2D eigenvalue weighted by molar-refractivity contribution is 5.92. The molecular weight excluding hydrogens is 362 g/mol. The summed E-state index contributed by atoms with van der Waals surface area (Å²) in [6, 6.07) is 14.7. The van der Waals surface area contributed by atoms with Crippen LogP contribution in [0.4, 0.5) is 4.79 Å². The van der Waals surface area contributed by atoms with Gasteiger partial charge in [-0.05, 0) is 24.6 Å². The van der Waals surface area contributed by atoms with Crippen LogP contribution in [0.1, 0.15) is 21.5 Å². The van der Waals surface area contributed by atoms with Gasteiger partial charge in [-0.3, -0.25) is 0 Å². The van der Waals surface area contributed by atoms with Crippen molar-refractivity contribution < 1.29 is 28.5 Å². The van der Waals surface area contributed by atoms with Crippen LogP contribution in [0.15, 0.2) is 48.5 Å². The highest BCUT2D eigenvalue weighted by Crippen LogP contribution is 2.24. The second-order valence-electron chi connectivity index (χ2n) is 6.74. The maximum absolute atomic E-state index is 12.2. The lowest BCUT2D eigenvalue weighted by molar-refractivity contribution is -0.0902. The number of carbonyl (C=O) groups is 2. The number of amides is 1. The third kappa shape index (κ3) is 4.80. The van der Waals surface area contributed by atoms with Crippen molar-refractivity contribution in [1.82, 2.24) is 5.32 Å². The minimum atomic E-state index is -0.702. The molecule has 1 N–H and O–H groups in total. The van der Waals surface area contributed by atoms with E-state index in [9.17, 15) is 9.59 Å².